The number of hydrogen-bond acceptors (Lipinski definition) is 4. The van der Waals surface area contributed by atoms with Crippen molar-refractivity contribution in [3.05, 3.63) is 58.3 Å². The Labute approximate surface area is 139 Å². The second-order valence-electron chi connectivity index (χ2n) is 4.88. The minimum Gasteiger partial charge on any atom is -0.339 e. The summed E-state index contributed by atoms with van der Waals surface area (Å²) >= 11 is 1.31. The van der Waals surface area contributed by atoms with Crippen LogP contribution in [0.5, 0.6) is 0 Å². The van der Waals surface area contributed by atoms with Crippen molar-refractivity contribution in [2.45, 2.75) is 19.4 Å². The van der Waals surface area contributed by atoms with Crippen molar-refractivity contribution in [2.24, 2.45) is 0 Å². The van der Waals surface area contributed by atoms with E-state index in [-0.39, 0.29) is 12.5 Å². The van der Waals surface area contributed by atoms with Gasteiger partial charge in [-0.25, -0.2) is 4.90 Å². The highest BCUT2D eigenvalue weighted by atomic mass is 32.1. The number of benzene rings is 1. The SMILES string of the molecule is CCN(C#N)C(=O)C(Cc1ccccc1)NC(=O)c1cccs1. The second kappa shape index (κ2) is 8.11. The Balaban J connectivity index is 2.18. The average molecular weight is 327 g/mol. The molecule has 0 aliphatic rings. The number of carbonyl (C=O) groups excluding carboxylic acids is 2. The molecule has 2 amide bonds. The maximum absolute atomic E-state index is 12.5. The largest absolute Gasteiger partial charge is 0.339 e. The van der Waals surface area contributed by atoms with E-state index in [0.29, 0.717) is 11.3 Å². The summed E-state index contributed by atoms with van der Waals surface area (Å²) in [5.74, 6) is -0.702. The van der Waals surface area contributed by atoms with Crippen LogP contribution in [0.4, 0.5) is 0 Å². The first-order valence-electron chi connectivity index (χ1n) is 7.25. The van der Waals surface area contributed by atoms with Gasteiger partial charge in [0, 0.05) is 13.0 Å². The monoisotopic (exact) mass is 327 g/mol. The molecule has 0 spiro atoms. The zero-order valence-electron chi connectivity index (χ0n) is 12.7. The molecule has 0 saturated carbocycles. The van der Waals surface area contributed by atoms with Crippen LogP contribution in [0, 0.1) is 11.5 Å². The summed E-state index contributed by atoms with van der Waals surface area (Å²) in [6.45, 7) is 2.00. The fraction of sp³-hybridized carbons (Fsp3) is 0.235. The molecule has 0 aliphatic carbocycles. The minimum atomic E-state index is -0.772. The lowest BCUT2D eigenvalue weighted by Gasteiger charge is -2.21. The Morgan fingerprint density at radius 1 is 1.26 bits per heavy atom. The molecule has 0 radical (unpaired) electrons. The zero-order valence-corrected chi connectivity index (χ0v) is 13.5. The fourth-order valence-electron chi connectivity index (χ4n) is 2.15. The van der Waals surface area contributed by atoms with E-state index in [2.05, 4.69) is 5.32 Å². The minimum absolute atomic E-state index is 0.273. The number of rotatable bonds is 6. The van der Waals surface area contributed by atoms with E-state index >= 15 is 0 Å². The Hall–Kier alpha value is -2.65. The summed E-state index contributed by atoms with van der Waals surface area (Å²) in [4.78, 5) is 26.4. The number of hydrogen-bond donors (Lipinski definition) is 1. The molecule has 118 valence electrons. The van der Waals surface area contributed by atoms with E-state index in [1.165, 1.54) is 11.3 Å². The number of amides is 2. The van der Waals surface area contributed by atoms with Gasteiger partial charge in [0.2, 0.25) is 0 Å². The van der Waals surface area contributed by atoms with E-state index < -0.39 is 11.9 Å². The van der Waals surface area contributed by atoms with Gasteiger partial charge in [-0.2, -0.15) is 5.26 Å². The summed E-state index contributed by atoms with van der Waals surface area (Å²) in [6.07, 6.45) is 2.20. The van der Waals surface area contributed by atoms with Gasteiger partial charge in [0.25, 0.3) is 11.8 Å². The van der Waals surface area contributed by atoms with Crippen molar-refractivity contribution >= 4 is 23.2 Å². The van der Waals surface area contributed by atoms with E-state index in [9.17, 15) is 9.59 Å². The van der Waals surface area contributed by atoms with Crippen LogP contribution in [0.2, 0.25) is 0 Å². The quantitative estimate of drug-likeness (QED) is 0.654. The fourth-order valence-corrected chi connectivity index (χ4v) is 2.78. The van der Waals surface area contributed by atoms with E-state index in [1.807, 2.05) is 36.5 Å². The molecule has 0 saturated heterocycles. The molecule has 1 unspecified atom stereocenters. The Morgan fingerprint density at radius 3 is 2.57 bits per heavy atom. The molecule has 2 aromatic rings. The molecule has 0 bridgehead atoms. The summed E-state index contributed by atoms with van der Waals surface area (Å²) in [5, 5.41) is 13.6. The van der Waals surface area contributed by atoms with Gasteiger partial charge in [-0.3, -0.25) is 9.59 Å². The van der Waals surface area contributed by atoms with Gasteiger partial charge in [-0.15, -0.1) is 11.3 Å². The van der Waals surface area contributed by atoms with Crippen molar-refractivity contribution < 1.29 is 9.59 Å². The third-order valence-electron chi connectivity index (χ3n) is 3.33. The molecule has 0 fully saturated rings. The van der Waals surface area contributed by atoms with Gasteiger partial charge in [0.05, 0.1) is 4.88 Å². The first-order chi connectivity index (χ1) is 11.2. The first kappa shape index (κ1) is 16.7. The molecule has 1 N–H and O–H groups in total. The number of thiophene rings is 1. The average Bonchev–Trinajstić information content (AvgIpc) is 3.11. The molecular weight excluding hydrogens is 310 g/mol. The van der Waals surface area contributed by atoms with Crippen molar-refractivity contribution in [1.82, 2.24) is 10.2 Å². The van der Waals surface area contributed by atoms with Gasteiger partial charge in [-0.1, -0.05) is 36.4 Å². The third kappa shape index (κ3) is 4.41. The highest BCUT2D eigenvalue weighted by Gasteiger charge is 2.26. The molecular formula is C17H17N3O2S. The highest BCUT2D eigenvalue weighted by molar-refractivity contribution is 7.12. The maximum Gasteiger partial charge on any atom is 0.262 e. The highest BCUT2D eigenvalue weighted by Crippen LogP contribution is 2.11. The number of nitrogens with zero attached hydrogens (tertiary/aromatic N) is 2. The topological polar surface area (TPSA) is 73.2 Å². The van der Waals surface area contributed by atoms with Crippen LogP contribution in [0.25, 0.3) is 0 Å². The molecule has 1 heterocycles. The first-order valence-corrected chi connectivity index (χ1v) is 8.13. The second-order valence-corrected chi connectivity index (χ2v) is 5.82. The maximum atomic E-state index is 12.5. The summed E-state index contributed by atoms with van der Waals surface area (Å²) < 4.78 is 0. The van der Waals surface area contributed by atoms with Crippen molar-refractivity contribution in [2.75, 3.05) is 6.54 Å². The predicted octanol–water partition coefficient (Wildman–Crippen LogP) is 2.42. The summed E-state index contributed by atoms with van der Waals surface area (Å²) in [6, 6.07) is 12.1. The molecule has 23 heavy (non-hydrogen) atoms. The number of nitrogens with one attached hydrogen (secondary N) is 1. The molecule has 1 atom stereocenters. The molecule has 2 rings (SSSR count). The van der Waals surface area contributed by atoms with Crippen LogP contribution in [0.15, 0.2) is 47.8 Å². The smallest absolute Gasteiger partial charge is 0.262 e. The number of carbonyl (C=O) groups is 2. The molecule has 1 aromatic carbocycles. The number of nitriles is 1. The zero-order chi connectivity index (χ0) is 16.7. The lowest BCUT2D eigenvalue weighted by molar-refractivity contribution is -0.130. The van der Waals surface area contributed by atoms with Crippen molar-refractivity contribution in [3.8, 4) is 6.19 Å². The third-order valence-corrected chi connectivity index (χ3v) is 4.20. The van der Waals surface area contributed by atoms with Crippen molar-refractivity contribution in [1.29, 1.82) is 5.26 Å². The predicted molar refractivity (Wildman–Crippen MR) is 88.7 cm³/mol. The molecule has 5 nitrogen and oxygen atoms in total. The Kier molecular flexibility index (Phi) is 5.89. The normalized spacial score (nSPS) is 11.3. The van der Waals surface area contributed by atoms with Gasteiger partial charge < -0.3 is 5.32 Å². The van der Waals surface area contributed by atoms with E-state index in [0.717, 1.165) is 10.5 Å². The van der Waals surface area contributed by atoms with Crippen molar-refractivity contribution in [3.63, 3.8) is 0 Å². The lowest BCUT2D eigenvalue weighted by Crippen LogP contribution is -2.48. The molecule has 6 heteroatoms. The summed E-state index contributed by atoms with van der Waals surface area (Å²) in [5.41, 5.74) is 0.923. The van der Waals surface area contributed by atoms with E-state index in [1.54, 1.807) is 24.4 Å². The van der Waals surface area contributed by atoms with Gasteiger partial charge in [-0.05, 0) is 23.9 Å². The van der Waals surface area contributed by atoms with Crippen LogP contribution >= 0.6 is 11.3 Å². The Bertz CT molecular complexity index is 692. The molecule has 1 aromatic heterocycles. The van der Waals surface area contributed by atoms with Crippen LogP contribution < -0.4 is 5.32 Å². The van der Waals surface area contributed by atoms with Gasteiger partial charge in [0.1, 0.15) is 6.04 Å². The van der Waals surface area contributed by atoms with Crippen LogP contribution in [-0.2, 0) is 11.2 Å². The standard InChI is InChI=1S/C17H17N3O2S/c1-2-20(12-18)17(22)14(11-13-7-4-3-5-8-13)19-16(21)15-9-6-10-23-15/h3-10,14H,2,11H2,1H3,(H,19,21). The van der Waals surface area contributed by atoms with Gasteiger partial charge in [0.15, 0.2) is 6.19 Å². The molecule has 0 aliphatic heterocycles. The van der Waals surface area contributed by atoms with E-state index in [4.69, 9.17) is 5.26 Å². The lowest BCUT2D eigenvalue weighted by atomic mass is 10.0. The summed E-state index contributed by atoms with van der Waals surface area (Å²) in [7, 11) is 0. The van der Waals surface area contributed by atoms with Gasteiger partial charge >= 0.3 is 0 Å². The van der Waals surface area contributed by atoms with Crippen LogP contribution in [-0.4, -0.2) is 29.3 Å². The van der Waals surface area contributed by atoms with Crippen LogP contribution in [0.3, 0.4) is 0 Å². The van der Waals surface area contributed by atoms with Crippen LogP contribution in [0.1, 0.15) is 22.2 Å². The Morgan fingerprint density at radius 2 is 2.00 bits per heavy atom. The number of likely N-dealkylation sites (N-methyl/N-ethyl adjacent to an activating group) is 1.